The van der Waals surface area contributed by atoms with Crippen LogP contribution in [0.4, 0.5) is 0 Å². The molecular formula is C24H32Cl4. The second-order valence-corrected chi connectivity index (χ2v) is 10.7. The van der Waals surface area contributed by atoms with E-state index in [2.05, 4.69) is 32.0 Å². The van der Waals surface area contributed by atoms with E-state index in [1.54, 1.807) is 0 Å². The highest BCUT2D eigenvalue weighted by molar-refractivity contribution is 6.50. The third-order valence-corrected chi connectivity index (χ3v) is 6.92. The van der Waals surface area contributed by atoms with Gasteiger partial charge in [0.05, 0.1) is 0 Å². The van der Waals surface area contributed by atoms with Crippen molar-refractivity contribution in [1.29, 1.82) is 0 Å². The van der Waals surface area contributed by atoms with Crippen LogP contribution in [0.2, 0.25) is 0 Å². The lowest BCUT2D eigenvalue weighted by molar-refractivity contribution is 0.583. The summed E-state index contributed by atoms with van der Waals surface area (Å²) in [6.45, 7) is 4.40. The first kappa shape index (κ1) is 24.1. The van der Waals surface area contributed by atoms with Gasteiger partial charge in [-0.15, -0.1) is 0 Å². The van der Waals surface area contributed by atoms with Crippen LogP contribution >= 0.6 is 46.4 Å². The molecule has 0 amide bonds. The second-order valence-electron chi connectivity index (χ2n) is 7.74. The maximum Gasteiger partial charge on any atom is 0.144 e. The van der Waals surface area contributed by atoms with Gasteiger partial charge in [-0.3, -0.25) is 0 Å². The van der Waals surface area contributed by atoms with Crippen LogP contribution in [0.5, 0.6) is 0 Å². The van der Waals surface area contributed by atoms with Crippen molar-refractivity contribution in [2.24, 2.45) is 0 Å². The van der Waals surface area contributed by atoms with Crippen molar-refractivity contribution in [3.8, 4) is 0 Å². The van der Waals surface area contributed by atoms with Crippen molar-refractivity contribution < 1.29 is 0 Å². The molecule has 0 bridgehead atoms. The molecule has 28 heavy (non-hydrogen) atoms. The van der Waals surface area contributed by atoms with Gasteiger partial charge < -0.3 is 0 Å². The van der Waals surface area contributed by atoms with Gasteiger partial charge in [0.1, 0.15) is 8.67 Å². The van der Waals surface area contributed by atoms with Crippen LogP contribution in [0.15, 0.2) is 36.4 Å². The van der Waals surface area contributed by atoms with Crippen LogP contribution in [0, 0.1) is 0 Å². The van der Waals surface area contributed by atoms with Gasteiger partial charge in [-0.2, -0.15) is 0 Å². The monoisotopic (exact) mass is 460 g/mol. The fourth-order valence-electron chi connectivity index (χ4n) is 3.78. The Balaban J connectivity index is 2.41. The van der Waals surface area contributed by atoms with Crippen molar-refractivity contribution in [3.05, 3.63) is 47.5 Å². The summed E-state index contributed by atoms with van der Waals surface area (Å²) in [7, 11) is 0. The van der Waals surface area contributed by atoms with E-state index in [1.165, 1.54) is 25.7 Å². The van der Waals surface area contributed by atoms with E-state index in [-0.39, 0.29) is 0 Å². The third kappa shape index (κ3) is 6.43. The Labute approximate surface area is 190 Å². The summed E-state index contributed by atoms with van der Waals surface area (Å²) in [5.41, 5.74) is 1.73. The summed E-state index contributed by atoms with van der Waals surface area (Å²) < 4.78 is -2.01. The first-order valence-corrected chi connectivity index (χ1v) is 12.1. The third-order valence-electron chi connectivity index (χ3n) is 5.38. The number of benzene rings is 2. The Morgan fingerprint density at radius 1 is 0.643 bits per heavy atom. The highest BCUT2D eigenvalue weighted by Gasteiger charge is 2.37. The van der Waals surface area contributed by atoms with Crippen LogP contribution in [0.3, 0.4) is 0 Å². The molecule has 2 aromatic carbocycles. The maximum atomic E-state index is 6.96. The molecule has 4 heteroatoms. The summed E-state index contributed by atoms with van der Waals surface area (Å²) in [6.07, 6.45) is 10.4. The van der Waals surface area contributed by atoms with Gasteiger partial charge in [0.2, 0.25) is 0 Å². The quantitative estimate of drug-likeness (QED) is 0.217. The van der Waals surface area contributed by atoms with Crippen molar-refractivity contribution in [1.82, 2.24) is 0 Å². The lowest BCUT2D eigenvalue weighted by Gasteiger charge is -2.30. The lowest BCUT2D eigenvalue weighted by Crippen LogP contribution is -2.21. The number of halogens is 4. The Kier molecular flexibility index (Phi) is 9.74. The molecule has 0 N–H and O–H groups in total. The predicted octanol–water partition coefficient (Wildman–Crippen LogP) is 10.0. The van der Waals surface area contributed by atoms with Crippen molar-refractivity contribution in [2.75, 3.05) is 0 Å². The minimum atomic E-state index is -1.01. The molecule has 0 saturated carbocycles. The van der Waals surface area contributed by atoms with Crippen LogP contribution < -0.4 is 0 Å². The molecule has 0 aromatic heterocycles. The number of fused-ring (bicyclic) bond motifs is 1. The van der Waals surface area contributed by atoms with Gasteiger partial charge in [-0.05, 0) is 29.2 Å². The predicted molar refractivity (Wildman–Crippen MR) is 128 cm³/mol. The van der Waals surface area contributed by atoms with Gasteiger partial charge in [-0.1, -0.05) is 148 Å². The highest BCUT2D eigenvalue weighted by Crippen LogP contribution is 2.50. The molecule has 0 nitrogen and oxygen atoms in total. The Hall–Kier alpha value is -0.140. The van der Waals surface area contributed by atoms with Gasteiger partial charge in [0, 0.05) is 5.56 Å². The largest absolute Gasteiger partial charge is 0.144 e. The molecule has 0 saturated heterocycles. The van der Waals surface area contributed by atoms with E-state index in [0.29, 0.717) is 12.8 Å². The zero-order chi connectivity index (χ0) is 20.6. The minimum Gasteiger partial charge on any atom is -0.0963 e. The number of rotatable bonds is 12. The second kappa shape index (κ2) is 11.3. The molecule has 2 rings (SSSR count). The number of unbranched alkanes of at least 4 members (excludes halogenated alkanes) is 6. The lowest BCUT2D eigenvalue weighted by atomic mass is 9.90. The molecule has 0 aliphatic carbocycles. The molecule has 0 radical (unpaired) electrons. The van der Waals surface area contributed by atoms with E-state index in [9.17, 15) is 0 Å². The van der Waals surface area contributed by atoms with E-state index in [1.807, 2.05) is 18.2 Å². The average molecular weight is 462 g/mol. The zero-order valence-electron chi connectivity index (χ0n) is 17.0. The highest BCUT2D eigenvalue weighted by atomic mass is 35.5. The number of hydrogen-bond donors (Lipinski definition) is 0. The van der Waals surface area contributed by atoms with E-state index < -0.39 is 8.67 Å². The number of hydrogen-bond acceptors (Lipinski definition) is 0. The van der Waals surface area contributed by atoms with Gasteiger partial charge in [0.25, 0.3) is 0 Å². The Bertz CT molecular complexity index is 736. The molecule has 0 aliphatic rings. The summed E-state index contributed by atoms with van der Waals surface area (Å²) in [5, 5.41) is 2.15. The Morgan fingerprint density at radius 3 is 1.82 bits per heavy atom. The van der Waals surface area contributed by atoms with Gasteiger partial charge in [-0.25, -0.2) is 0 Å². The van der Waals surface area contributed by atoms with E-state index in [4.69, 9.17) is 46.4 Å². The Morgan fingerprint density at radius 2 is 1.21 bits per heavy atom. The topological polar surface area (TPSA) is 0 Å². The number of alkyl halides is 4. The van der Waals surface area contributed by atoms with Crippen LogP contribution in [-0.4, -0.2) is 0 Å². The minimum absolute atomic E-state index is 0.691. The molecular weight excluding hydrogens is 430 g/mol. The first-order chi connectivity index (χ1) is 13.3. The molecule has 156 valence electrons. The van der Waals surface area contributed by atoms with Gasteiger partial charge >= 0.3 is 0 Å². The van der Waals surface area contributed by atoms with Crippen molar-refractivity contribution in [3.63, 3.8) is 0 Å². The van der Waals surface area contributed by atoms with Crippen LogP contribution in [0.25, 0.3) is 10.8 Å². The zero-order valence-corrected chi connectivity index (χ0v) is 20.1. The summed E-state index contributed by atoms with van der Waals surface area (Å²) in [6, 6.07) is 12.3. The molecule has 0 aliphatic heterocycles. The molecule has 0 spiro atoms. The standard InChI is InChI=1S/C24H32Cl4/c1-3-5-7-11-17-23(25,26)21-16-15-19-13-9-10-14-20(19)22(21)24(27,28)18-12-8-6-4-2/h9-10,13-16H,3-8,11-12,17-18H2,1-2H3. The van der Waals surface area contributed by atoms with Crippen molar-refractivity contribution >= 4 is 57.2 Å². The molecule has 2 aromatic rings. The van der Waals surface area contributed by atoms with Gasteiger partial charge in [0.15, 0.2) is 0 Å². The van der Waals surface area contributed by atoms with Crippen molar-refractivity contribution in [2.45, 2.75) is 86.7 Å². The molecule has 0 fully saturated rings. The summed E-state index contributed by atoms with van der Waals surface area (Å²) in [4.78, 5) is 0. The molecule has 0 heterocycles. The fraction of sp³-hybridized carbons (Fsp3) is 0.583. The SMILES string of the molecule is CCCCCCC(Cl)(Cl)c1ccc2ccccc2c1C(Cl)(Cl)CCCCCC. The first-order valence-electron chi connectivity index (χ1n) is 10.6. The summed E-state index contributed by atoms with van der Waals surface area (Å²) >= 11 is 27.7. The summed E-state index contributed by atoms with van der Waals surface area (Å²) in [5.74, 6) is 0. The van der Waals surface area contributed by atoms with E-state index in [0.717, 1.165) is 47.6 Å². The van der Waals surface area contributed by atoms with Crippen LogP contribution in [-0.2, 0) is 8.67 Å². The average Bonchev–Trinajstić information content (AvgIpc) is 2.67. The molecule has 0 atom stereocenters. The maximum absolute atomic E-state index is 6.96. The normalized spacial score (nSPS) is 12.6. The molecule has 0 unspecified atom stereocenters. The fourth-order valence-corrected chi connectivity index (χ4v) is 5.03. The smallest absolute Gasteiger partial charge is 0.0963 e. The van der Waals surface area contributed by atoms with Crippen LogP contribution in [0.1, 0.15) is 89.2 Å². The van der Waals surface area contributed by atoms with E-state index >= 15 is 0 Å².